The Bertz CT molecular complexity index is 1510. The molecule has 0 saturated carbocycles. The van der Waals surface area contributed by atoms with Gasteiger partial charge in [0.25, 0.3) is 0 Å². The van der Waals surface area contributed by atoms with Crippen molar-refractivity contribution in [3.8, 4) is 17.1 Å². The Balaban J connectivity index is 1.38. The molecule has 0 radical (unpaired) electrons. The standard InChI is InChI=1S/C29H26ClN3O2/c1-2-35-27-12-6-5-11-25(27)32-28(34)13-7-9-21-22-18-20(30)15-17-24(22)33-29(21)26-16-14-19-8-3-4-10-23(19)31-26/h3-6,8,10-12,14-18,33H,2,7,9,13H2,1H3,(H,32,34). The second kappa shape index (κ2) is 10.2. The molecule has 5 rings (SSSR count). The van der Waals surface area contributed by atoms with Crippen LogP contribution in [0.4, 0.5) is 5.69 Å². The number of pyridine rings is 1. The zero-order valence-corrected chi connectivity index (χ0v) is 20.2. The van der Waals surface area contributed by atoms with E-state index >= 15 is 0 Å². The maximum absolute atomic E-state index is 12.7. The van der Waals surface area contributed by atoms with Crippen molar-refractivity contribution in [2.75, 3.05) is 11.9 Å². The lowest BCUT2D eigenvalue weighted by Crippen LogP contribution is -2.12. The molecule has 0 unspecified atom stereocenters. The Morgan fingerprint density at radius 2 is 1.86 bits per heavy atom. The van der Waals surface area contributed by atoms with Gasteiger partial charge in [-0.25, -0.2) is 4.98 Å². The van der Waals surface area contributed by atoms with E-state index in [2.05, 4.69) is 22.4 Å². The van der Waals surface area contributed by atoms with E-state index in [1.807, 2.05) is 73.7 Å². The third-order valence-electron chi connectivity index (χ3n) is 6.01. The molecule has 0 bridgehead atoms. The van der Waals surface area contributed by atoms with Gasteiger partial charge in [-0.3, -0.25) is 4.79 Å². The number of rotatable bonds is 8. The van der Waals surface area contributed by atoms with Gasteiger partial charge in [0.2, 0.25) is 5.91 Å². The van der Waals surface area contributed by atoms with E-state index in [0.717, 1.165) is 38.8 Å². The van der Waals surface area contributed by atoms with Crippen LogP contribution in [0.2, 0.25) is 5.02 Å². The Labute approximate surface area is 209 Å². The monoisotopic (exact) mass is 483 g/mol. The molecule has 0 aliphatic rings. The molecule has 2 N–H and O–H groups in total. The number of nitrogens with one attached hydrogen (secondary N) is 2. The second-order valence-electron chi connectivity index (χ2n) is 8.39. The van der Waals surface area contributed by atoms with E-state index in [1.54, 1.807) is 0 Å². The van der Waals surface area contributed by atoms with Crippen LogP contribution in [-0.4, -0.2) is 22.5 Å². The fraction of sp³-hybridized carbons (Fsp3) is 0.172. The number of para-hydroxylation sites is 3. The number of hydrogen-bond acceptors (Lipinski definition) is 3. The van der Waals surface area contributed by atoms with E-state index in [1.165, 1.54) is 0 Å². The van der Waals surface area contributed by atoms with Gasteiger partial charge in [-0.2, -0.15) is 0 Å². The molecule has 2 heterocycles. The van der Waals surface area contributed by atoms with Crippen molar-refractivity contribution in [3.63, 3.8) is 0 Å². The molecular weight excluding hydrogens is 458 g/mol. The first kappa shape index (κ1) is 22.9. The van der Waals surface area contributed by atoms with Gasteiger partial charge in [-0.05, 0) is 67.8 Å². The van der Waals surface area contributed by atoms with E-state index in [9.17, 15) is 4.79 Å². The van der Waals surface area contributed by atoms with Gasteiger partial charge >= 0.3 is 0 Å². The Kier molecular flexibility index (Phi) is 6.68. The first-order valence-electron chi connectivity index (χ1n) is 11.8. The minimum absolute atomic E-state index is 0.0413. The van der Waals surface area contributed by atoms with E-state index in [4.69, 9.17) is 21.3 Å². The topological polar surface area (TPSA) is 67.0 Å². The van der Waals surface area contributed by atoms with Crippen molar-refractivity contribution >= 4 is 45.0 Å². The van der Waals surface area contributed by atoms with Gasteiger partial charge in [0, 0.05) is 27.7 Å². The minimum Gasteiger partial charge on any atom is -0.492 e. The lowest BCUT2D eigenvalue weighted by Gasteiger charge is -2.11. The van der Waals surface area contributed by atoms with Crippen LogP contribution < -0.4 is 10.1 Å². The number of halogens is 1. The minimum atomic E-state index is -0.0413. The summed E-state index contributed by atoms with van der Waals surface area (Å²) >= 11 is 6.33. The highest BCUT2D eigenvalue weighted by Crippen LogP contribution is 2.33. The van der Waals surface area contributed by atoms with Gasteiger partial charge in [0.05, 0.1) is 29.2 Å². The van der Waals surface area contributed by atoms with E-state index in [0.29, 0.717) is 42.3 Å². The number of ether oxygens (including phenoxy) is 1. The molecule has 0 saturated heterocycles. The molecule has 6 heteroatoms. The van der Waals surface area contributed by atoms with Crippen LogP contribution in [-0.2, 0) is 11.2 Å². The van der Waals surface area contributed by atoms with Crippen molar-refractivity contribution in [1.29, 1.82) is 0 Å². The largest absolute Gasteiger partial charge is 0.492 e. The number of aromatic amines is 1. The number of hydrogen-bond donors (Lipinski definition) is 2. The Morgan fingerprint density at radius 3 is 2.74 bits per heavy atom. The van der Waals surface area contributed by atoms with Crippen molar-refractivity contribution in [3.05, 3.63) is 89.4 Å². The zero-order chi connectivity index (χ0) is 24.2. The van der Waals surface area contributed by atoms with Crippen LogP contribution in [0.5, 0.6) is 5.75 Å². The molecule has 0 aliphatic heterocycles. The second-order valence-corrected chi connectivity index (χ2v) is 8.82. The van der Waals surface area contributed by atoms with Crippen LogP contribution in [0.3, 0.4) is 0 Å². The molecule has 0 atom stereocenters. The number of H-pyrrole nitrogens is 1. The van der Waals surface area contributed by atoms with Crippen LogP contribution in [0.1, 0.15) is 25.3 Å². The highest BCUT2D eigenvalue weighted by atomic mass is 35.5. The summed E-state index contributed by atoms with van der Waals surface area (Å²) in [4.78, 5) is 21.1. The smallest absolute Gasteiger partial charge is 0.224 e. The number of aromatic nitrogens is 2. The number of amides is 1. The van der Waals surface area contributed by atoms with E-state index in [-0.39, 0.29) is 5.91 Å². The van der Waals surface area contributed by atoms with Gasteiger partial charge in [-0.15, -0.1) is 0 Å². The summed E-state index contributed by atoms with van der Waals surface area (Å²) in [5, 5.41) is 5.82. The number of carbonyl (C=O) groups excluding carboxylic acids is 1. The number of carbonyl (C=O) groups is 1. The number of fused-ring (bicyclic) bond motifs is 2. The predicted molar refractivity (Wildman–Crippen MR) is 143 cm³/mol. The van der Waals surface area contributed by atoms with E-state index < -0.39 is 0 Å². The summed E-state index contributed by atoms with van der Waals surface area (Å²) in [7, 11) is 0. The molecular formula is C29H26ClN3O2. The van der Waals surface area contributed by atoms with Crippen LogP contribution in [0.25, 0.3) is 33.2 Å². The molecule has 0 spiro atoms. The van der Waals surface area contributed by atoms with Crippen molar-refractivity contribution in [2.45, 2.75) is 26.2 Å². The molecule has 1 amide bonds. The summed E-state index contributed by atoms with van der Waals surface area (Å²) < 4.78 is 5.62. The molecule has 5 nitrogen and oxygen atoms in total. The van der Waals surface area contributed by atoms with Gasteiger partial charge in [0.15, 0.2) is 0 Å². The highest BCUT2D eigenvalue weighted by Gasteiger charge is 2.16. The fourth-order valence-electron chi connectivity index (χ4n) is 4.39. The fourth-order valence-corrected chi connectivity index (χ4v) is 4.57. The number of anilines is 1. The average molecular weight is 484 g/mol. The first-order valence-corrected chi connectivity index (χ1v) is 12.2. The summed E-state index contributed by atoms with van der Waals surface area (Å²) in [5.41, 5.74) is 5.60. The molecule has 35 heavy (non-hydrogen) atoms. The summed E-state index contributed by atoms with van der Waals surface area (Å²) in [6.45, 7) is 2.47. The van der Waals surface area contributed by atoms with Gasteiger partial charge in [-0.1, -0.05) is 48.0 Å². The van der Waals surface area contributed by atoms with Crippen molar-refractivity contribution in [1.82, 2.24) is 9.97 Å². The number of nitrogens with zero attached hydrogens (tertiary/aromatic N) is 1. The average Bonchev–Trinajstić information content (AvgIpc) is 3.22. The zero-order valence-electron chi connectivity index (χ0n) is 19.5. The third-order valence-corrected chi connectivity index (χ3v) is 6.25. The van der Waals surface area contributed by atoms with Crippen molar-refractivity contribution in [2.24, 2.45) is 0 Å². The van der Waals surface area contributed by atoms with Crippen LogP contribution >= 0.6 is 11.6 Å². The maximum Gasteiger partial charge on any atom is 0.224 e. The van der Waals surface area contributed by atoms with Gasteiger partial charge < -0.3 is 15.0 Å². The molecule has 176 valence electrons. The van der Waals surface area contributed by atoms with Crippen LogP contribution in [0.15, 0.2) is 78.9 Å². The number of aryl methyl sites for hydroxylation is 1. The molecule has 3 aromatic carbocycles. The molecule has 0 aliphatic carbocycles. The summed E-state index contributed by atoms with van der Waals surface area (Å²) in [6, 6.07) is 25.5. The molecule has 0 fully saturated rings. The summed E-state index contributed by atoms with van der Waals surface area (Å²) in [5.74, 6) is 0.639. The Morgan fingerprint density at radius 1 is 1.03 bits per heavy atom. The summed E-state index contributed by atoms with van der Waals surface area (Å²) in [6.07, 6.45) is 1.78. The normalized spacial score (nSPS) is 11.1. The lowest BCUT2D eigenvalue weighted by molar-refractivity contribution is -0.116. The maximum atomic E-state index is 12.7. The molecule has 2 aromatic heterocycles. The Hall–Kier alpha value is -3.83. The quantitative estimate of drug-likeness (QED) is 0.241. The first-order chi connectivity index (χ1) is 17.1. The van der Waals surface area contributed by atoms with Gasteiger partial charge in [0.1, 0.15) is 5.75 Å². The third kappa shape index (κ3) is 5.00. The molecule has 5 aromatic rings. The lowest BCUT2D eigenvalue weighted by atomic mass is 10.0. The van der Waals surface area contributed by atoms with Crippen molar-refractivity contribution < 1.29 is 9.53 Å². The number of benzene rings is 3. The predicted octanol–water partition coefficient (Wildman–Crippen LogP) is 7.40. The van der Waals surface area contributed by atoms with Crippen LogP contribution in [0, 0.1) is 0 Å². The highest BCUT2D eigenvalue weighted by molar-refractivity contribution is 6.31. The SMILES string of the molecule is CCOc1ccccc1NC(=O)CCCc1c(-c2ccc3ccccc3n2)[nH]c2ccc(Cl)cc12.